The third kappa shape index (κ3) is 2.83. The molecule has 2 aliphatic heterocycles. The molecular weight excluding hydrogens is 381 g/mol. The van der Waals surface area contributed by atoms with Gasteiger partial charge in [0.25, 0.3) is 5.91 Å². The fourth-order valence-corrected chi connectivity index (χ4v) is 4.55. The first-order valence-corrected chi connectivity index (χ1v) is 9.73. The van der Waals surface area contributed by atoms with Crippen LogP contribution in [0.4, 0.5) is 15.9 Å². The molecule has 142 valence electrons. The lowest BCUT2D eigenvalue weighted by Crippen LogP contribution is -2.23. The zero-order chi connectivity index (χ0) is 19.3. The number of rotatable bonds is 3. The molecule has 0 aliphatic carbocycles. The Morgan fingerprint density at radius 2 is 2.14 bits per heavy atom. The summed E-state index contributed by atoms with van der Waals surface area (Å²) < 4.78 is 14.7. The summed E-state index contributed by atoms with van der Waals surface area (Å²) >= 11 is 1.18. The number of aromatic nitrogens is 3. The zero-order valence-electron chi connectivity index (χ0n) is 14.7. The van der Waals surface area contributed by atoms with E-state index in [4.69, 9.17) is 0 Å². The number of aliphatic hydroxyl groups excluding tert-OH is 1. The second-order valence-electron chi connectivity index (χ2n) is 6.79. The van der Waals surface area contributed by atoms with Gasteiger partial charge in [-0.15, -0.1) is 11.3 Å². The van der Waals surface area contributed by atoms with Crippen LogP contribution in [0.3, 0.4) is 0 Å². The molecule has 1 N–H and O–H groups in total. The Balaban J connectivity index is 1.41. The quantitative estimate of drug-likeness (QED) is 0.684. The van der Waals surface area contributed by atoms with Gasteiger partial charge in [0, 0.05) is 19.3 Å². The van der Waals surface area contributed by atoms with Crippen LogP contribution in [0, 0.1) is 5.95 Å². The third-order valence-corrected chi connectivity index (χ3v) is 6.07. The normalized spacial score (nSPS) is 18.8. The van der Waals surface area contributed by atoms with Gasteiger partial charge in [-0.1, -0.05) is 0 Å². The van der Waals surface area contributed by atoms with Crippen LogP contribution in [0.2, 0.25) is 0 Å². The Kier molecular flexibility index (Phi) is 4.06. The Labute approximate surface area is 164 Å². The molecule has 7 nitrogen and oxygen atoms in total. The molecule has 0 spiro atoms. The Morgan fingerprint density at radius 1 is 1.25 bits per heavy atom. The SMILES string of the molecule is O=C1c2sc(-c3ccc(N4CC[C@@H](O)C4)nc3F)nc2CN1c1cccnc1. The van der Waals surface area contributed by atoms with Crippen LogP contribution in [0.15, 0.2) is 36.7 Å². The number of carbonyl (C=O) groups is 1. The summed E-state index contributed by atoms with van der Waals surface area (Å²) in [5.74, 6) is -0.272. The van der Waals surface area contributed by atoms with E-state index in [0.717, 1.165) is 0 Å². The number of hydrogen-bond donors (Lipinski definition) is 1. The largest absolute Gasteiger partial charge is 0.391 e. The second kappa shape index (κ2) is 6.61. The zero-order valence-corrected chi connectivity index (χ0v) is 15.6. The van der Waals surface area contributed by atoms with Gasteiger partial charge in [0.1, 0.15) is 15.7 Å². The summed E-state index contributed by atoms with van der Waals surface area (Å²) in [5, 5.41) is 10.1. The summed E-state index contributed by atoms with van der Waals surface area (Å²) in [5.41, 5.74) is 1.63. The molecule has 28 heavy (non-hydrogen) atoms. The fraction of sp³-hybridized carbons (Fsp3) is 0.263. The molecule has 1 amide bonds. The first kappa shape index (κ1) is 17.2. The van der Waals surface area contributed by atoms with Crippen LogP contribution in [0.25, 0.3) is 10.6 Å². The lowest BCUT2D eigenvalue weighted by molar-refractivity contribution is 0.1000. The van der Waals surface area contributed by atoms with Crippen molar-refractivity contribution in [3.63, 3.8) is 0 Å². The van der Waals surface area contributed by atoms with Crippen molar-refractivity contribution < 1.29 is 14.3 Å². The van der Waals surface area contributed by atoms with Gasteiger partial charge in [0.05, 0.1) is 35.8 Å². The summed E-state index contributed by atoms with van der Waals surface area (Å²) in [6, 6.07) is 6.96. The highest BCUT2D eigenvalue weighted by Gasteiger charge is 2.33. The van der Waals surface area contributed by atoms with Crippen molar-refractivity contribution in [2.24, 2.45) is 0 Å². The predicted molar refractivity (Wildman–Crippen MR) is 103 cm³/mol. The van der Waals surface area contributed by atoms with Crippen LogP contribution >= 0.6 is 11.3 Å². The molecule has 1 fully saturated rings. The number of fused-ring (bicyclic) bond motifs is 1. The van der Waals surface area contributed by atoms with Gasteiger partial charge in [0.2, 0.25) is 5.95 Å². The van der Waals surface area contributed by atoms with Crippen LogP contribution in [0.5, 0.6) is 0 Å². The van der Waals surface area contributed by atoms with Crippen molar-refractivity contribution in [1.82, 2.24) is 15.0 Å². The standard InChI is InChI=1S/C19H16FN5O2S/c20-17-13(3-4-15(23-17)24-7-5-12(26)9-24)18-22-14-10-25(19(27)16(14)28-18)11-2-1-6-21-8-11/h1-4,6,8,12,26H,5,7,9-10H2/t12-/m1/s1. The van der Waals surface area contributed by atoms with Crippen LogP contribution < -0.4 is 9.80 Å². The maximum absolute atomic E-state index is 14.7. The van der Waals surface area contributed by atoms with E-state index < -0.39 is 12.1 Å². The summed E-state index contributed by atoms with van der Waals surface area (Å²) in [6.07, 6.45) is 3.53. The van der Waals surface area contributed by atoms with E-state index >= 15 is 0 Å². The van der Waals surface area contributed by atoms with Crippen molar-refractivity contribution in [2.75, 3.05) is 22.9 Å². The highest BCUT2D eigenvalue weighted by atomic mass is 32.1. The van der Waals surface area contributed by atoms with Gasteiger partial charge in [0.15, 0.2) is 0 Å². The number of thiazole rings is 1. The van der Waals surface area contributed by atoms with E-state index in [9.17, 15) is 14.3 Å². The molecule has 5 rings (SSSR count). The lowest BCUT2D eigenvalue weighted by atomic mass is 10.2. The van der Waals surface area contributed by atoms with Crippen molar-refractivity contribution in [3.8, 4) is 10.6 Å². The smallest absolute Gasteiger partial charge is 0.270 e. The van der Waals surface area contributed by atoms with E-state index in [-0.39, 0.29) is 11.5 Å². The van der Waals surface area contributed by atoms with Gasteiger partial charge < -0.3 is 10.0 Å². The van der Waals surface area contributed by atoms with E-state index in [1.54, 1.807) is 35.5 Å². The van der Waals surface area contributed by atoms with Crippen LogP contribution in [-0.2, 0) is 6.54 Å². The number of hydrogen-bond acceptors (Lipinski definition) is 7. The van der Waals surface area contributed by atoms with Crippen molar-refractivity contribution in [2.45, 2.75) is 19.1 Å². The van der Waals surface area contributed by atoms with Crippen molar-refractivity contribution >= 4 is 28.7 Å². The summed E-state index contributed by atoms with van der Waals surface area (Å²) in [6.45, 7) is 1.45. The number of carbonyl (C=O) groups excluding carboxylic acids is 1. The average molecular weight is 397 g/mol. The third-order valence-electron chi connectivity index (χ3n) is 4.95. The predicted octanol–water partition coefficient (Wildman–Crippen LogP) is 2.47. The average Bonchev–Trinajstić information content (AvgIpc) is 3.39. The number of pyridine rings is 2. The minimum absolute atomic E-state index is 0.150. The molecule has 2 aliphatic rings. The van der Waals surface area contributed by atoms with Gasteiger partial charge >= 0.3 is 0 Å². The number of β-amino-alcohol motifs (C(OH)–C–C–N with tert-alkyl or cyclic N) is 1. The van der Waals surface area contributed by atoms with Crippen LogP contribution in [0.1, 0.15) is 21.8 Å². The second-order valence-corrected chi connectivity index (χ2v) is 7.79. The molecular formula is C19H16FN5O2S. The molecule has 0 radical (unpaired) electrons. The molecule has 3 aromatic rings. The van der Waals surface area contributed by atoms with Crippen LogP contribution in [-0.4, -0.2) is 45.2 Å². The topological polar surface area (TPSA) is 82.5 Å². The first-order chi connectivity index (χ1) is 13.6. The van der Waals surface area contributed by atoms with Gasteiger partial charge in [-0.25, -0.2) is 9.97 Å². The number of nitrogens with zero attached hydrogens (tertiary/aromatic N) is 5. The molecule has 1 saturated heterocycles. The Bertz CT molecular complexity index is 1060. The van der Waals surface area contributed by atoms with E-state index in [0.29, 0.717) is 53.1 Å². The highest BCUT2D eigenvalue weighted by molar-refractivity contribution is 7.17. The first-order valence-electron chi connectivity index (χ1n) is 8.91. The highest BCUT2D eigenvalue weighted by Crippen LogP contribution is 2.36. The molecule has 0 aromatic carbocycles. The number of anilines is 2. The maximum atomic E-state index is 14.7. The van der Waals surface area contributed by atoms with Crippen molar-refractivity contribution in [1.29, 1.82) is 0 Å². The molecule has 1 atom stereocenters. The molecule has 9 heteroatoms. The van der Waals surface area contributed by atoms with E-state index in [1.807, 2.05) is 11.0 Å². The molecule has 0 saturated carbocycles. The van der Waals surface area contributed by atoms with Gasteiger partial charge in [-0.05, 0) is 30.7 Å². The molecule has 5 heterocycles. The monoisotopic (exact) mass is 397 g/mol. The van der Waals surface area contributed by atoms with E-state index in [1.165, 1.54) is 11.3 Å². The lowest BCUT2D eigenvalue weighted by Gasteiger charge is -2.17. The Morgan fingerprint density at radius 3 is 2.82 bits per heavy atom. The number of aliphatic hydroxyl groups is 1. The minimum atomic E-state index is -0.622. The molecule has 0 unspecified atom stereocenters. The number of halogens is 1. The Hall–Kier alpha value is -2.91. The minimum Gasteiger partial charge on any atom is -0.391 e. The van der Waals surface area contributed by atoms with Gasteiger partial charge in [-0.3, -0.25) is 14.7 Å². The molecule has 3 aromatic heterocycles. The molecule has 0 bridgehead atoms. The number of amides is 1. The fourth-order valence-electron chi connectivity index (χ4n) is 3.52. The van der Waals surface area contributed by atoms with E-state index in [2.05, 4.69) is 15.0 Å². The van der Waals surface area contributed by atoms with Gasteiger partial charge in [-0.2, -0.15) is 4.39 Å². The summed E-state index contributed by atoms with van der Waals surface area (Å²) in [4.78, 5) is 29.3. The van der Waals surface area contributed by atoms with Crippen molar-refractivity contribution in [3.05, 3.63) is 53.2 Å². The maximum Gasteiger partial charge on any atom is 0.270 e. The summed E-state index contributed by atoms with van der Waals surface area (Å²) in [7, 11) is 0.